The van der Waals surface area contributed by atoms with E-state index in [1.165, 1.54) is 24.4 Å². The van der Waals surface area contributed by atoms with Crippen LogP contribution in [-0.2, 0) is 6.18 Å². The molecular weight excluding hydrogens is 448 g/mol. The van der Waals surface area contributed by atoms with Gasteiger partial charge in [0.05, 0.1) is 23.0 Å². The van der Waals surface area contributed by atoms with Gasteiger partial charge in [-0.2, -0.15) is 13.2 Å². The molecule has 2 aliphatic carbocycles. The Balaban J connectivity index is 1.26. The minimum atomic E-state index is -4.44. The lowest BCUT2D eigenvalue weighted by Gasteiger charge is -2.48. The van der Waals surface area contributed by atoms with E-state index in [-0.39, 0.29) is 29.1 Å². The number of hydrogen-bond donors (Lipinski definition) is 0. The Kier molecular flexibility index (Phi) is 4.49. The van der Waals surface area contributed by atoms with Gasteiger partial charge in [-0.3, -0.25) is 9.97 Å². The Labute approximate surface area is 193 Å². The Morgan fingerprint density at radius 2 is 1.85 bits per heavy atom. The Morgan fingerprint density at radius 1 is 1.06 bits per heavy atom. The zero-order valence-corrected chi connectivity index (χ0v) is 18.0. The summed E-state index contributed by atoms with van der Waals surface area (Å²) < 4.78 is 59.0. The first kappa shape index (κ1) is 21.1. The standard InChI is InChI=1S/C25H20F4N4O/c1-14(21-17(4-2-8-30-21)22-18(26)5-3-9-31-22)33-13-16-10-24(16)11-19(23(24)33)34-20-7-6-15(12-32-20)25(27,28)29/h2-9,12,16,19,23H,1,10-11,13H2. The van der Waals surface area contributed by atoms with Crippen LogP contribution < -0.4 is 4.74 Å². The van der Waals surface area contributed by atoms with Crippen molar-refractivity contribution in [1.29, 1.82) is 0 Å². The molecule has 34 heavy (non-hydrogen) atoms. The van der Waals surface area contributed by atoms with Crippen molar-refractivity contribution in [3.8, 4) is 17.1 Å². The fourth-order valence-corrected chi connectivity index (χ4v) is 5.64. The minimum absolute atomic E-state index is 0.0116. The molecule has 0 N–H and O–H groups in total. The molecule has 6 rings (SSSR count). The molecular formula is C25H20F4N4O. The third kappa shape index (κ3) is 3.17. The second kappa shape index (κ2) is 7.25. The number of nitrogens with zero attached hydrogens (tertiary/aromatic N) is 4. The first-order valence-corrected chi connectivity index (χ1v) is 11.0. The van der Waals surface area contributed by atoms with E-state index in [9.17, 15) is 17.6 Å². The van der Waals surface area contributed by atoms with Crippen LogP contribution in [-0.4, -0.2) is 38.5 Å². The molecule has 4 unspecified atom stereocenters. The monoisotopic (exact) mass is 468 g/mol. The molecule has 3 aromatic heterocycles. The number of ether oxygens (including phenoxy) is 1. The van der Waals surface area contributed by atoms with Crippen LogP contribution in [0.25, 0.3) is 17.0 Å². The van der Waals surface area contributed by atoms with Crippen molar-refractivity contribution in [2.75, 3.05) is 6.54 Å². The average molecular weight is 468 g/mol. The third-order valence-electron chi connectivity index (χ3n) is 7.33. The van der Waals surface area contributed by atoms with Gasteiger partial charge in [0, 0.05) is 42.2 Å². The van der Waals surface area contributed by atoms with Gasteiger partial charge in [-0.1, -0.05) is 6.58 Å². The zero-order chi connectivity index (χ0) is 23.7. The molecule has 2 saturated carbocycles. The Morgan fingerprint density at radius 3 is 2.59 bits per heavy atom. The molecule has 4 atom stereocenters. The van der Waals surface area contributed by atoms with Crippen molar-refractivity contribution < 1.29 is 22.3 Å². The topological polar surface area (TPSA) is 51.1 Å². The van der Waals surface area contributed by atoms with Crippen LogP contribution >= 0.6 is 0 Å². The highest BCUT2D eigenvalue weighted by Crippen LogP contribution is 2.72. The van der Waals surface area contributed by atoms with Crippen LogP contribution in [0.2, 0.25) is 0 Å². The predicted octanol–water partition coefficient (Wildman–Crippen LogP) is 5.21. The number of piperidine rings is 1. The van der Waals surface area contributed by atoms with Gasteiger partial charge in [0.25, 0.3) is 0 Å². The number of alkyl halides is 3. The number of halogens is 4. The van der Waals surface area contributed by atoms with Crippen molar-refractivity contribution >= 4 is 5.70 Å². The first-order chi connectivity index (χ1) is 16.3. The molecule has 9 heteroatoms. The normalized spacial score (nSPS) is 26.9. The highest BCUT2D eigenvalue weighted by Gasteiger charge is 2.75. The second-order valence-electron chi connectivity index (χ2n) is 9.15. The van der Waals surface area contributed by atoms with Gasteiger partial charge in [-0.15, -0.1) is 0 Å². The summed E-state index contributed by atoms with van der Waals surface area (Å²) in [5.41, 5.74) is 1.29. The van der Waals surface area contributed by atoms with E-state index in [0.717, 1.165) is 31.6 Å². The zero-order valence-electron chi connectivity index (χ0n) is 18.0. The van der Waals surface area contributed by atoms with Gasteiger partial charge in [0.1, 0.15) is 17.6 Å². The minimum Gasteiger partial charge on any atom is -0.472 e. The molecule has 1 saturated heterocycles. The van der Waals surface area contributed by atoms with E-state index in [1.54, 1.807) is 18.3 Å². The molecule has 0 bridgehead atoms. The van der Waals surface area contributed by atoms with Gasteiger partial charge in [-0.25, -0.2) is 9.37 Å². The van der Waals surface area contributed by atoms with Crippen LogP contribution in [0.15, 0.2) is 61.6 Å². The first-order valence-electron chi connectivity index (χ1n) is 11.0. The van der Waals surface area contributed by atoms with Gasteiger partial charge >= 0.3 is 6.18 Å². The number of hydrogen-bond acceptors (Lipinski definition) is 5. The molecule has 3 fully saturated rings. The van der Waals surface area contributed by atoms with E-state index in [2.05, 4.69) is 26.4 Å². The van der Waals surface area contributed by atoms with E-state index in [1.807, 2.05) is 0 Å². The molecule has 4 heterocycles. The van der Waals surface area contributed by atoms with Crippen molar-refractivity contribution in [1.82, 2.24) is 19.9 Å². The smallest absolute Gasteiger partial charge is 0.417 e. The maximum Gasteiger partial charge on any atom is 0.417 e. The highest BCUT2D eigenvalue weighted by atomic mass is 19.4. The number of aromatic nitrogens is 3. The van der Waals surface area contributed by atoms with Crippen LogP contribution in [0.4, 0.5) is 17.6 Å². The quantitative estimate of drug-likeness (QED) is 0.482. The van der Waals surface area contributed by atoms with Crippen molar-refractivity contribution in [3.05, 3.63) is 78.6 Å². The van der Waals surface area contributed by atoms with E-state index in [4.69, 9.17) is 4.74 Å². The third-order valence-corrected chi connectivity index (χ3v) is 7.33. The van der Waals surface area contributed by atoms with Crippen LogP contribution in [0, 0.1) is 17.2 Å². The van der Waals surface area contributed by atoms with Gasteiger partial charge in [-0.05, 0) is 49.1 Å². The molecule has 0 radical (unpaired) electrons. The lowest BCUT2D eigenvalue weighted by molar-refractivity contribution is -0.137. The highest BCUT2D eigenvalue weighted by molar-refractivity contribution is 5.76. The van der Waals surface area contributed by atoms with Crippen LogP contribution in [0.5, 0.6) is 5.88 Å². The largest absolute Gasteiger partial charge is 0.472 e. The fourth-order valence-electron chi connectivity index (χ4n) is 5.64. The molecule has 3 aromatic rings. The second-order valence-corrected chi connectivity index (χ2v) is 9.15. The summed E-state index contributed by atoms with van der Waals surface area (Å²) >= 11 is 0. The Bertz CT molecular complexity index is 1280. The molecule has 174 valence electrons. The number of likely N-dealkylation sites (tertiary alicyclic amines) is 1. The molecule has 5 nitrogen and oxygen atoms in total. The van der Waals surface area contributed by atoms with E-state index < -0.39 is 17.6 Å². The molecule has 0 aromatic carbocycles. The summed E-state index contributed by atoms with van der Waals surface area (Å²) in [6.45, 7) is 5.07. The summed E-state index contributed by atoms with van der Waals surface area (Å²) in [5, 5.41) is 0. The van der Waals surface area contributed by atoms with Gasteiger partial charge < -0.3 is 9.64 Å². The lowest BCUT2D eigenvalue weighted by atomic mass is 9.72. The molecule has 3 aliphatic rings. The number of pyridine rings is 3. The van der Waals surface area contributed by atoms with Crippen molar-refractivity contribution in [2.45, 2.75) is 31.2 Å². The van der Waals surface area contributed by atoms with E-state index >= 15 is 0 Å². The summed E-state index contributed by atoms with van der Waals surface area (Å²) in [4.78, 5) is 14.7. The van der Waals surface area contributed by atoms with E-state index in [0.29, 0.717) is 22.9 Å². The maximum absolute atomic E-state index is 14.5. The SMILES string of the molecule is C=C(c1ncccc1-c1ncccc1F)N1CC2CC23CC(Oc2ccc(C(F)(F)F)cn2)C13. The van der Waals surface area contributed by atoms with Gasteiger partial charge in [0.2, 0.25) is 5.88 Å². The molecule has 1 aliphatic heterocycles. The Hall–Kier alpha value is -3.49. The summed E-state index contributed by atoms with van der Waals surface area (Å²) in [6.07, 6.45) is 1.19. The fraction of sp³-hybridized carbons (Fsp3) is 0.320. The average Bonchev–Trinajstić information content (AvgIpc) is 3.47. The number of rotatable bonds is 5. The summed E-state index contributed by atoms with van der Waals surface area (Å²) in [7, 11) is 0. The summed E-state index contributed by atoms with van der Waals surface area (Å²) in [5.74, 6) is 0.230. The molecule has 1 spiro atoms. The maximum atomic E-state index is 14.5. The molecule has 0 amide bonds. The predicted molar refractivity (Wildman–Crippen MR) is 116 cm³/mol. The van der Waals surface area contributed by atoms with Crippen molar-refractivity contribution in [3.63, 3.8) is 0 Å². The lowest BCUT2D eigenvalue weighted by Crippen LogP contribution is -2.57. The summed E-state index contributed by atoms with van der Waals surface area (Å²) in [6, 6.07) is 8.64. The van der Waals surface area contributed by atoms with Gasteiger partial charge in [0.15, 0.2) is 0 Å². The van der Waals surface area contributed by atoms with Crippen LogP contribution in [0.3, 0.4) is 0 Å². The van der Waals surface area contributed by atoms with Crippen LogP contribution in [0.1, 0.15) is 24.1 Å². The van der Waals surface area contributed by atoms with Crippen molar-refractivity contribution in [2.24, 2.45) is 11.3 Å².